The number of carbonyl (C=O) groups excluding carboxylic acids is 2. The van der Waals surface area contributed by atoms with Crippen LogP contribution in [0.2, 0.25) is 0 Å². The van der Waals surface area contributed by atoms with Crippen LogP contribution in [0.15, 0.2) is 24.3 Å². The van der Waals surface area contributed by atoms with Crippen LogP contribution in [0, 0.1) is 11.8 Å². The third kappa shape index (κ3) is 7.83. The first-order valence-electron chi connectivity index (χ1n) is 13.4. The second-order valence-electron chi connectivity index (χ2n) is 10.3. The summed E-state index contributed by atoms with van der Waals surface area (Å²) >= 11 is 0. The van der Waals surface area contributed by atoms with Crippen molar-refractivity contribution in [1.29, 1.82) is 0 Å². The quantitative estimate of drug-likeness (QED) is 0.247. The van der Waals surface area contributed by atoms with E-state index in [2.05, 4.69) is 31.2 Å². The van der Waals surface area contributed by atoms with E-state index in [1.165, 1.54) is 37.7 Å². The number of hydrogen-bond donors (Lipinski definition) is 0. The van der Waals surface area contributed by atoms with E-state index in [-0.39, 0.29) is 0 Å². The highest BCUT2D eigenvalue weighted by Gasteiger charge is 2.25. The molecule has 0 atom stereocenters. The molecule has 1 aromatic rings. The Morgan fingerprint density at radius 2 is 1.53 bits per heavy atom. The van der Waals surface area contributed by atoms with Crippen LogP contribution >= 0.6 is 0 Å². The summed E-state index contributed by atoms with van der Waals surface area (Å²) < 4.78 is 6.01. The Bertz CT molecular complexity index is 692. The molecule has 0 saturated heterocycles. The Kier molecular flexibility index (Phi) is 10.4. The smallest absolute Gasteiger partial charge is 0.163 e. The predicted molar refractivity (Wildman–Crippen MR) is 131 cm³/mol. The third-order valence-corrected chi connectivity index (χ3v) is 7.90. The van der Waals surface area contributed by atoms with Crippen LogP contribution in [-0.2, 0) is 9.53 Å². The highest BCUT2D eigenvalue weighted by atomic mass is 16.5. The number of hydrogen-bond acceptors (Lipinski definition) is 3. The van der Waals surface area contributed by atoms with Crippen molar-refractivity contribution in [2.24, 2.45) is 11.8 Å². The van der Waals surface area contributed by atoms with Gasteiger partial charge in [0.25, 0.3) is 0 Å². The minimum Gasteiger partial charge on any atom is -0.378 e. The van der Waals surface area contributed by atoms with E-state index >= 15 is 0 Å². The SMILES string of the molecule is CCCCO[C@H]1CC[C@H](c2ccc(C(=O)C[C@H]3CC[C@H](CCC(=O)CC)CC3)cc2)CC1. The van der Waals surface area contributed by atoms with Crippen molar-refractivity contribution in [3.8, 4) is 0 Å². The maximum atomic E-state index is 12.8. The first-order chi connectivity index (χ1) is 15.6. The van der Waals surface area contributed by atoms with E-state index in [0.29, 0.717) is 48.3 Å². The van der Waals surface area contributed by atoms with Gasteiger partial charge >= 0.3 is 0 Å². The van der Waals surface area contributed by atoms with Gasteiger partial charge in [-0.3, -0.25) is 9.59 Å². The fraction of sp³-hybridized carbons (Fsp3) is 0.724. The Labute approximate surface area is 195 Å². The first kappa shape index (κ1) is 25.1. The first-order valence-corrected chi connectivity index (χ1v) is 13.4. The van der Waals surface area contributed by atoms with E-state index in [0.717, 1.165) is 57.1 Å². The van der Waals surface area contributed by atoms with E-state index in [1.807, 2.05) is 6.92 Å². The van der Waals surface area contributed by atoms with Gasteiger partial charge in [0, 0.05) is 31.4 Å². The van der Waals surface area contributed by atoms with Crippen molar-refractivity contribution >= 4 is 11.6 Å². The minimum absolute atomic E-state index is 0.300. The predicted octanol–water partition coefficient (Wildman–Crippen LogP) is 7.67. The van der Waals surface area contributed by atoms with Gasteiger partial charge in [0.15, 0.2) is 5.78 Å². The molecule has 3 heteroatoms. The van der Waals surface area contributed by atoms with Crippen molar-refractivity contribution in [3.63, 3.8) is 0 Å². The molecule has 2 aliphatic rings. The van der Waals surface area contributed by atoms with Crippen LogP contribution in [0.1, 0.15) is 126 Å². The van der Waals surface area contributed by atoms with Gasteiger partial charge in [-0.05, 0) is 74.7 Å². The standard InChI is InChI=1S/C29H44O3/c1-3-5-20-32-28-18-15-25(16-19-28)24-11-13-26(14-12-24)29(31)21-23-8-6-22(7-9-23)10-17-27(30)4-2/h11-14,22-23,25,28H,3-10,15-21H2,1-2H3/t22-,23-,25-,28-. The highest BCUT2D eigenvalue weighted by Crippen LogP contribution is 2.36. The van der Waals surface area contributed by atoms with E-state index in [4.69, 9.17) is 4.74 Å². The maximum absolute atomic E-state index is 12.8. The van der Waals surface area contributed by atoms with Gasteiger partial charge in [-0.2, -0.15) is 0 Å². The number of Topliss-reactive ketones (excluding diaryl/α,β-unsaturated/α-hetero) is 2. The molecule has 0 radical (unpaired) electrons. The largest absolute Gasteiger partial charge is 0.378 e. The van der Waals surface area contributed by atoms with E-state index in [1.54, 1.807) is 0 Å². The Balaban J connectivity index is 1.39. The zero-order chi connectivity index (χ0) is 22.8. The Morgan fingerprint density at radius 1 is 0.875 bits per heavy atom. The molecule has 2 saturated carbocycles. The second kappa shape index (κ2) is 13.3. The van der Waals surface area contributed by atoms with Gasteiger partial charge in [0.2, 0.25) is 0 Å². The summed E-state index contributed by atoms with van der Waals surface area (Å²) in [6, 6.07) is 8.50. The maximum Gasteiger partial charge on any atom is 0.163 e. The summed E-state index contributed by atoms with van der Waals surface area (Å²) in [4.78, 5) is 24.4. The summed E-state index contributed by atoms with van der Waals surface area (Å²) in [5.41, 5.74) is 2.26. The van der Waals surface area contributed by atoms with Gasteiger partial charge in [0.05, 0.1) is 6.10 Å². The van der Waals surface area contributed by atoms with Crippen LogP contribution in [-0.4, -0.2) is 24.3 Å². The molecule has 3 rings (SSSR count). The van der Waals surface area contributed by atoms with Gasteiger partial charge < -0.3 is 4.74 Å². The number of carbonyl (C=O) groups is 2. The lowest BCUT2D eigenvalue weighted by atomic mass is 9.77. The zero-order valence-corrected chi connectivity index (χ0v) is 20.5. The fourth-order valence-corrected chi connectivity index (χ4v) is 5.54. The molecule has 0 bridgehead atoms. The van der Waals surface area contributed by atoms with Crippen LogP contribution in [0.5, 0.6) is 0 Å². The van der Waals surface area contributed by atoms with Crippen LogP contribution < -0.4 is 0 Å². The zero-order valence-electron chi connectivity index (χ0n) is 20.5. The summed E-state index contributed by atoms with van der Waals surface area (Å²) in [5, 5.41) is 0. The molecule has 0 amide bonds. The third-order valence-electron chi connectivity index (χ3n) is 7.90. The van der Waals surface area contributed by atoms with Crippen molar-refractivity contribution in [2.45, 2.75) is 116 Å². The van der Waals surface area contributed by atoms with Gasteiger partial charge in [-0.15, -0.1) is 0 Å². The molecule has 178 valence electrons. The van der Waals surface area contributed by atoms with Gasteiger partial charge in [0.1, 0.15) is 5.78 Å². The van der Waals surface area contributed by atoms with Crippen LogP contribution in [0.25, 0.3) is 0 Å². The van der Waals surface area contributed by atoms with Crippen molar-refractivity contribution in [1.82, 2.24) is 0 Å². The van der Waals surface area contributed by atoms with E-state index < -0.39 is 0 Å². The molecule has 0 heterocycles. The number of ether oxygens (including phenoxy) is 1. The monoisotopic (exact) mass is 440 g/mol. The molecule has 2 fully saturated rings. The molecule has 2 aliphatic carbocycles. The summed E-state index contributed by atoms with van der Waals surface area (Å²) in [6.07, 6.45) is 15.3. The highest BCUT2D eigenvalue weighted by molar-refractivity contribution is 5.96. The number of ketones is 2. The molecular formula is C29H44O3. The average Bonchev–Trinajstić information content (AvgIpc) is 2.84. The van der Waals surface area contributed by atoms with Gasteiger partial charge in [-0.1, -0.05) is 57.4 Å². The lowest BCUT2D eigenvalue weighted by Crippen LogP contribution is -2.21. The molecule has 3 nitrogen and oxygen atoms in total. The van der Waals surface area contributed by atoms with Crippen molar-refractivity contribution in [3.05, 3.63) is 35.4 Å². The number of rotatable bonds is 12. The van der Waals surface area contributed by atoms with E-state index in [9.17, 15) is 9.59 Å². The number of benzene rings is 1. The molecule has 0 aliphatic heterocycles. The summed E-state index contributed by atoms with van der Waals surface area (Å²) in [5.74, 6) is 2.50. The lowest BCUT2D eigenvalue weighted by Gasteiger charge is -2.29. The van der Waals surface area contributed by atoms with Gasteiger partial charge in [-0.25, -0.2) is 0 Å². The topological polar surface area (TPSA) is 43.4 Å². The van der Waals surface area contributed by atoms with Crippen molar-refractivity contribution < 1.29 is 14.3 Å². The molecule has 32 heavy (non-hydrogen) atoms. The lowest BCUT2D eigenvalue weighted by molar-refractivity contribution is -0.119. The summed E-state index contributed by atoms with van der Waals surface area (Å²) in [7, 11) is 0. The minimum atomic E-state index is 0.300. The average molecular weight is 441 g/mol. The van der Waals surface area contributed by atoms with Crippen LogP contribution in [0.3, 0.4) is 0 Å². The number of unbranched alkanes of at least 4 members (excludes halogenated alkanes) is 1. The molecule has 0 unspecified atom stereocenters. The second-order valence-corrected chi connectivity index (χ2v) is 10.3. The Hall–Kier alpha value is -1.48. The molecular weight excluding hydrogens is 396 g/mol. The Morgan fingerprint density at radius 3 is 2.16 bits per heavy atom. The van der Waals surface area contributed by atoms with Crippen LogP contribution in [0.4, 0.5) is 0 Å². The fourth-order valence-electron chi connectivity index (χ4n) is 5.54. The summed E-state index contributed by atoms with van der Waals surface area (Å²) in [6.45, 7) is 5.06. The molecule has 0 N–H and O–H groups in total. The molecule has 0 aromatic heterocycles. The van der Waals surface area contributed by atoms with Crippen molar-refractivity contribution in [2.75, 3.05) is 6.61 Å². The normalized spacial score (nSPS) is 26.1. The molecule has 1 aromatic carbocycles. The molecule has 0 spiro atoms.